The second-order valence-electron chi connectivity index (χ2n) is 6.23. The van der Waals surface area contributed by atoms with E-state index in [1.54, 1.807) is 17.5 Å². The van der Waals surface area contributed by atoms with E-state index < -0.39 is 0 Å². The van der Waals surface area contributed by atoms with Crippen LogP contribution in [0.15, 0.2) is 48.7 Å². The lowest BCUT2D eigenvalue weighted by atomic mass is 10.2. The van der Waals surface area contributed by atoms with Crippen molar-refractivity contribution in [3.8, 4) is 23.0 Å². The molecule has 6 nitrogen and oxygen atoms in total. The maximum Gasteiger partial charge on any atom is 0.231 e. The van der Waals surface area contributed by atoms with Gasteiger partial charge in [0.05, 0.1) is 5.39 Å². The van der Waals surface area contributed by atoms with Crippen LogP contribution >= 0.6 is 11.3 Å². The van der Waals surface area contributed by atoms with Gasteiger partial charge in [-0.3, -0.25) is 4.98 Å². The van der Waals surface area contributed by atoms with Gasteiger partial charge in [-0.1, -0.05) is 12.1 Å². The van der Waals surface area contributed by atoms with E-state index in [4.69, 9.17) is 19.4 Å². The zero-order chi connectivity index (χ0) is 18.2. The van der Waals surface area contributed by atoms with Crippen LogP contribution in [0.4, 0.5) is 5.82 Å². The number of hydrogen-bond donors (Lipinski definition) is 1. The molecule has 3 aromatic heterocycles. The van der Waals surface area contributed by atoms with Crippen LogP contribution in [0.2, 0.25) is 0 Å². The lowest BCUT2D eigenvalue weighted by Crippen LogP contribution is -2.04. The first-order chi connectivity index (χ1) is 13.3. The SMILES string of the molecule is Cc1cc2c(NCc3ccc4c(c3)OCO4)nc(-c3ccccn3)nc2s1. The highest BCUT2D eigenvalue weighted by Crippen LogP contribution is 2.34. The molecule has 7 heteroatoms. The number of aromatic nitrogens is 3. The topological polar surface area (TPSA) is 69.2 Å². The Morgan fingerprint density at radius 3 is 2.89 bits per heavy atom. The molecule has 5 rings (SSSR count). The molecule has 4 aromatic rings. The second kappa shape index (κ2) is 6.51. The van der Waals surface area contributed by atoms with E-state index in [0.29, 0.717) is 12.4 Å². The third-order valence-corrected chi connectivity index (χ3v) is 5.25. The van der Waals surface area contributed by atoms with Gasteiger partial charge < -0.3 is 14.8 Å². The van der Waals surface area contributed by atoms with Crippen molar-refractivity contribution >= 4 is 27.4 Å². The Balaban J connectivity index is 1.50. The third kappa shape index (κ3) is 3.06. The predicted octanol–water partition coefficient (Wildman–Crippen LogP) is 4.40. The molecule has 1 aliphatic rings. The molecule has 0 atom stereocenters. The molecule has 1 aromatic carbocycles. The molecule has 0 unspecified atom stereocenters. The molecule has 0 saturated heterocycles. The summed E-state index contributed by atoms with van der Waals surface area (Å²) in [5, 5.41) is 4.48. The number of ether oxygens (including phenoxy) is 2. The Morgan fingerprint density at radius 1 is 1.07 bits per heavy atom. The molecule has 27 heavy (non-hydrogen) atoms. The second-order valence-corrected chi connectivity index (χ2v) is 7.46. The molecule has 0 amide bonds. The van der Waals surface area contributed by atoms with Crippen LogP contribution in [0.1, 0.15) is 10.4 Å². The molecular formula is C20H16N4O2S. The first kappa shape index (κ1) is 16.0. The maximum atomic E-state index is 5.46. The molecule has 0 spiro atoms. The molecule has 134 valence electrons. The highest BCUT2D eigenvalue weighted by Gasteiger charge is 2.15. The highest BCUT2D eigenvalue weighted by atomic mass is 32.1. The normalized spacial score (nSPS) is 12.5. The number of thiophene rings is 1. The lowest BCUT2D eigenvalue weighted by molar-refractivity contribution is 0.174. The maximum absolute atomic E-state index is 5.46. The van der Waals surface area contributed by atoms with E-state index in [9.17, 15) is 0 Å². The van der Waals surface area contributed by atoms with Crippen molar-refractivity contribution in [2.24, 2.45) is 0 Å². The fourth-order valence-electron chi connectivity index (χ4n) is 3.02. The number of nitrogens with one attached hydrogen (secondary N) is 1. The van der Waals surface area contributed by atoms with Crippen LogP contribution in [0, 0.1) is 6.92 Å². The minimum absolute atomic E-state index is 0.278. The Kier molecular flexibility index (Phi) is 3.86. The molecule has 0 fully saturated rings. The summed E-state index contributed by atoms with van der Waals surface area (Å²) in [5.41, 5.74) is 1.86. The number of anilines is 1. The molecule has 0 saturated carbocycles. The monoisotopic (exact) mass is 376 g/mol. The summed E-state index contributed by atoms with van der Waals surface area (Å²) >= 11 is 1.66. The Labute approximate surface area is 159 Å². The van der Waals surface area contributed by atoms with Crippen molar-refractivity contribution in [3.63, 3.8) is 0 Å². The van der Waals surface area contributed by atoms with Gasteiger partial charge in [-0.2, -0.15) is 0 Å². The van der Waals surface area contributed by atoms with E-state index in [2.05, 4.69) is 23.3 Å². The minimum Gasteiger partial charge on any atom is -0.454 e. The zero-order valence-corrected chi connectivity index (χ0v) is 15.4. The van der Waals surface area contributed by atoms with Gasteiger partial charge in [-0.25, -0.2) is 9.97 Å². The number of pyridine rings is 1. The van der Waals surface area contributed by atoms with Crippen LogP contribution in [0.5, 0.6) is 11.5 Å². The quantitative estimate of drug-likeness (QED) is 0.569. The van der Waals surface area contributed by atoms with Gasteiger partial charge in [0.2, 0.25) is 6.79 Å². The Hall–Kier alpha value is -3.19. The van der Waals surface area contributed by atoms with Crippen molar-refractivity contribution in [2.45, 2.75) is 13.5 Å². The van der Waals surface area contributed by atoms with Gasteiger partial charge in [0.15, 0.2) is 17.3 Å². The summed E-state index contributed by atoms with van der Waals surface area (Å²) in [5.74, 6) is 3.00. The van der Waals surface area contributed by atoms with Crippen molar-refractivity contribution < 1.29 is 9.47 Å². The van der Waals surface area contributed by atoms with Gasteiger partial charge in [0.25, 0.3) is 0 Å². The Bertz CT molecular complexity index is 1130. The summed E-state index contributed by atoms with van der Waals surface area (Å²) in [7, 11) is 0. The first-order valence-electron chi connectivity index (χ1n) is 8.58. The number of hydrogen-bond acceptors (Lipinski definition) is 7. The Morgan fingerprint density at radius 2 is 2.00 bits per heavy atom. The molecule has 1 aliphatic heterocycles. The summed E-state index contributed by atoms with van der Waals surface area (Å²) in [6, 6.07) is 13.8. The van der Waals surface area contributed by atoms with Gasteiger partial charge in [0.1, 0.15) is 16.3 Å². The predicted molar refractivity (Wildman–Crippen MR) is 105 cm³/mol. The summed E-state index contributed by atoms with van der Waals surface area (Å²) in [6.45, 7) is 2.98. The standard InChI is InChI=1S/C20H16N4O2S/c1-12-8-14-18(22-10-13-5-6-16-17(9-13)26-11-25-16)23-19(24-20(14)27-12)15-4-2-3-7-21-15/h2-9H,10-11H2,1H3,(H,22,23,24). The van der Waals surface area contributed by atoms with Gasteiger partial charge in [-0.15, -0.1) is 11.3 Å². The van der Waals surface area contributed by atoms with E-state index in [-0.39, 0.29) is 6.79 Å². The molecular weight excluding hydrogens is 360 g/mol. The molecule has 0 aliphatic carbocycles. The van der Waals surface area contributed by atoms with E-state index in [0.717, 1.165) is 38.8 Å². The van der Waals surface area contributed by atoms with Gasteiger partial charge in [0, 0.05) is 17.6 Å². The van der Waals surface area contributed by atoms with Crippen molar-refractivity contribution in [1.82, 2.24) is 15.0 Å². The van der Waals surface area contributed by atoms with E-state index in [1.165, 1.54) is 4.88 Å². The van der Waals surface area contributed by atoms with Crippen molar-refractivity contribution in [2.75, 3.05) is 12.1 Å². The summed E-state index contributed by atoms with van der Waals surface area (Å²) < 4.78 is 10.8. The average molecular weight is 376 g/mol. The van der Waals surface area contributed by atoms with Gasteiger partial charge >= 0.3 is 0 Å². The lowest BCUT2D eigenvalue weighted by Gasteiger charge is -2.09. The molecule has 0 bridgehead atoms. The fourth-order valence-corrected chi connectivity index (χ4v) is 3.90. The number of benzene rings is 1. The summed E-state index contributed by atoms with van der Waals surface area (Å²) in [6.07, 6.45) is 1.75. The van der Waals surface area contributed by atoms with Crippen molar-refractivity contribution in [3.05, 3.63) is 59.1 Å². The highest BCUT2D eigenvalue weighted by molar-refractivity contribution is 7.18. The molecule has 0 radical (unpaired) electrons. The van der Waals surface area contributed by atoms with E-state index >= 15 is 0 Å². The van der Waals surface area contributed by atoms with Crippen molar-refractivity contribution in [1.29, 1.82) is 0 Å². The fraction of sp³-hybridized carbons (Fsp3) is 0.150. The molecule has 4 heterocycles. The number of fused-ring (bicyclic) bond motifs is 2. The minimum atomic E-state index is 0.278. The number of aryl methyl sites for hydroxylation is 1. The van der Waals surface area contributed by atoms with Crippen LogP contribution < -0.4 is 14.8 Å². The van der Waals surface area contributed by atoms with Crippen LogP contribution in [0.3, 0.4) is 0 Å². The van der Waals surface area contributed by atoms with Crippen LogP contribution in [-0.2, 0) is 6.54 Å². The number of nitrogens with zero attached hydrogens (tertiary/aromatic N) is 3. The average Bonchev–Trinajstić information content (AvgIpc) is 3.31. The molecule has 1 N–H and O–H groups in total. The largest absolute Gasteiger partial charge is 0.454 e. The smallest absolute Gasteiger partial charge is 0.231 e. The van der Waals surface area contributed by atoms with Crippen LogP contribution in [-0.4, -0.2) is 21.7 Å². The van der Waals surface area contributed by atoms with Gasteiger partial charge in [-0.05, 0) is 42.8 Å². The van der Waals surface area contributed by atoms with E-state index in [1.807, 2.05) is 36.4 Å². The first-order valence-corrected chi connectivity index (χ1v) is 9.40. The summed E-state index contributed by atoms with van der Waals surface area (Å²) in [4.78, 5) is 16.0. The zero-order valence-electron chi connectivity index (χ0n) is 14.6. The van der Waals surface area contributed by atoms with Crippen LogP contribution in [0.25, 0.3) is 21.7 Å². The third-order valence-electron chi connectivity index (χ3n) is 4.31. The number of rotatable bonds is 4.